The summed E-state index contributed by atoms with van der Waals surface area (Å²) in [6.45, 7) is 3.31. The van der Waals surface area contributed by atoms with Gasteiger partial charge < -0.3 is 53.5 Å². The van der Waals surface area contributed by atoms with Crippen molar-refractivity contribution in [2.75, 3.05) is 63.9 Å². The van der Waals surface area contributed by atoms with Crippen molar-refractivity contribution in [3.8, 4) is 40.2 Å². The molecule has 338 valence electrons. The first-order valence-electron chi connectivity index (χ1n) is 19.4. The van der Waals surface area contributed by atoms with E-state index in [0.29, 0.717) is 28.7 Å². The molecule has 3 N–H and O–H groups in total. The Kier molecular flexibility index (Phi) is 15.7. The van der Waals surface area contributed by atoms with Crippen molar-refractivity contribution >= 4 is 53.3 Å². The number of anilines is 2. The summed E-state index contributed by atoms with van der Waals surface area (Å²) in [7, 11) is 4.61. The van der Waals surface area contributed by atoms with Crippen molar-refractivity contribution in [3.63, 3.8) is 0 Å². The Morgan fingerprint density at radius 3 is 1.91 bits per heavy atom. The number of benzene rings is 5. The van der Waals surface area contributed by atoms with Gasteiger partial charge in [-0.15, -0.1) is 0 Å². The van der Waals surface area contributed by atoms with E-state index in [9.17, 15) is 39.8 Å². The van der Waals surface area contributed by atoms with Crippen LogP contribution in [0.15, 0.2) is 84.9 Å². The molecule has 0 spiro atoms. The molecule has 0 unspecified atom stereocenters. The molecular weight excluding hydrogens is 851 g/mol. The predicted molar refractivity (Wildman–Crippen MR) is 232 cm³/mol. The first-order valence-corrected chi connectivity index (χ1v) is 19.4. The highest BCUT2D eigenvalue weighted by molar-refractivity contribution is 5.87. The van der Waals surface area contributed by atoms with Gasteiger partial charge >= 0.3 is 24.1 Å². The molecule has 1 aliphatic heterocycles. The number of methoxy groups -OCH3 is 2. The number of likely N-dealkylation sites (N-methyl/N-ethyl adjacent to an activating group) is 1. The van der Waals surface area contributed by atoms with E-state index in [1.807, 2.05) is 49.4 Å². The Balaban J connectivity index is 0.00000257. The van der Waals surface area contributed by atoms with E-state index in [0.717, 1.165) is 43.7 Å². The molecule has 6 rings (SSSR count). The minimum Gasteiger partial charge on any atom is -0.497 e. The van der Waals surface area contributed by atoms with Crippen LogP contribution >= 0.6 is 0 Å². The van der Waals surface area contributed by atoms with E-state index in [-0.39, 0.29) is 54.4 Å². The molecule has 19 nitrogen and oxygen atoms in total. The van der Waals surface area contributed by atoms with Crippen molar-refractivity contribution in [3.05, 3.63) is 128 Å². The number of rotatable bonds is 20. The maximum absolute atomic E-state index is 12.5. The molecule has 5 aromatic carbocycles. The average molecular weight is 894 g/mol. The first kappa shape index (κ1) is 47.5. The smallest absolute Gasteiger partial charge is 0.373 e. The average Bonchev–Trinajstić information content (AvgIpc) is 3.25. The molecule has 0 saturated heterocycles. The van der Waals surface area contributed by atoms with Gasteiger partial charge in [-0.05, 0) is 71.8 Å². The molecule has 5 aromatic rings. The number of carboxylic acids is 3. The summed E-state index contributed by atoms with van der Waals surface area (Å²) < 4.78 is 35.1. The van der Waals surface area contributed by atoms with Crippen LogP contribution < -0.4 is 48.7 Å². The number of aryl methyl sites for hydroxylation is 1. The third-order valence-electron chi connectivity index (χ3n) is 9.75. The monoisotopic (exact) mass is 893 g/mol. The molecule has 0 fully saturated rings. The topological polar surface area (TPSA) is 251 Å². The van der Waals surface area contributed by atoms with Crippen LogP contribution in [-0.2, 0) is 30.6 Å². The highest BCUT2D eigenvalue weighted by Crippen LogP contribution is 2.41. The Morgan fingerprint density at radius 2 is 1.31 bits per heavy atom. The van der Waals surface area contributed by atoms with Crippen LogP contribution in [0.1, 0.15) is 22.3 Å². The van der Waals surface area contributed by atoms with Gasteiger partial charge in [-0.3, -0.25) is 24.5 Å². The number of hydrogen-bond acceptors (Lipinski definition) is 15. The lowest BCUT2D eigenvalue weighted by Crippen LogP contribution is -2.35. The summed E-state index contributed by atoms with van der Waals surface area (Å²) in [5.41, 5.74) is 3.48. The Hall–Kier alpha value is -8.57. The fraction of sp³-hybridized carbons (Fsp3) is 0.217. The number of fused-ring (bicyclic) bond motifs is 2. The fourth-order valence-corrected chi connectivity index (χ4v) is 6.95. The fourth-order valence-electron chi connectivity index (χ4n) is 6.95. The summed E-state index contributed by atoms with van der Waals surface area (Å²) in [5.74, 6) is -1.30. The van der Waals surface area contributed by atoms with E-state index in [1.54, 1.807) is 44.5 Å². The highest BCUT2D eigenvalue weighted by Gasteiger charge is 2.27. The number of aliphatic carboxylic acids is 3. The molecule has 0 bridgehead atoms. The first-order chi connectivity index (χ1) is 31.1. The summed E-state index contributed by atoms with van der Waals surface area (Å²) in [6.07, 6.45) is 0.250. The van der Waals surface area contributed by atoms with E-state index in [2.05, 4.69) is 6.58 Å². The van der Waals surface area contributed by atoms with E-state index in [4.69, 9.17) is 38.0 Å². The van der Waals surface area contributed by atoms with Crippen molar-refractivity contribution in [2.24, 2.45) is 0 Å². The van der Waals surface area contributed by atoms with Gasteiger partial charge in [-0.25, -0.2) is 0 Å². The predicted octanol–water partition coefficient (Wildman–Crippen LogP) is 4.63. The van der Waals surface area contributed by atoms with Crippen LogP contribution in [0.4, 0.5) is 17.1 Å². The lowest BCUT2D eigenvalue weighted by atomic mass is 9.90. The van der Waals surface area contributed by atoms with Gasteiger partial charge in [0.1, 0.15) is 79.7 Å². The van der Waals surface area contributed by atoms with Crippen LogP contribution in [0.5, 0.6) is 40.2 Å². The standard InChI is InChI=1S/C45H43N3O14.CO2/c1-26-6-10-33-38(16-26)62-39-20-31(8-12-34(39)45(33)32-11-7-29(57-4)17-27(32)2)61-25-28-18-37(47(23-43(51)52)24-44(53)54)41(21-36(28)48(55)56)60-15-14-59-40-19-30(58-5)9-13-35(40)46(3)22-42(49)50;2-1-3/h6-13,16-21H,1,14-15,22-25H2,2-5H3,(H,49,50)(H,51,52)(H,53,54);. The summed E-state index contributed by atoms with van der Waals surface area (Å²) in [6, 6.07) is 23.7. The van der Waals surface area contributed by atoms with Crippen molar-refractivity contribution in [1.29, 1.82) is 0 Å². The Bertz CT molecular complexity index is 2750. The van der Waals surface area contributed by atoms with E-state index >= 15 is 0 Å². The number of nitro groups is 1. The van der Waals surface area contributed by atoms with Crippen molar-refractivity contribution in [2.45, 2.75) is 13.5 Å². The molecule has 19 heteroatoms. The minimum absolute atomic E-state index is 0.0105. The Morgan fingerprint density at radius 1 is 0.723 bits per heavy atom. The molecule has 0 aliphatic carbocycles. The molecule has 1 heterocycles. The molecule has 0 amide bonds. The zero-order chi connectivity index (χ0) is 47.4. The maximum Gasteiger partial charge on any atom is 0.373 e. The second kappa shape index (κ2) is 21.5. The third kappa shape index (κ3) is 11.9. The van der Waals surface area contributed by atoms with E-state index in [1.165, 1.54) is 18.1 Å². The number of ether oxygens (including phenoxy) is 6. The van der Waals surface area contributed by atoms with Gasteiger partial charge in [0.15, 0.2) is 0 Å². The van der Waals surface area contributed by atoms with Crippen LogP contribution in [0.3, 0.4) is 0 Å². The minimum atomic E-state index is -1.37. The number of carbonyl (C=O) groups excluding carboxylic acids is 2. The quantitative estimate of drug-likeness (QED) is 0.0536. The maximum atomic E-state index is 12.5. The molecule has 1 aliphatic rings. The molecule has 0 atom stereocenters. The zero-order valence-corrected chi connectivity index (χ0v) is 35.5. The SMILES string of the molecule is C=c1ccc2c(c1)Oc1cc(OCc3cc(N(CC(=O)O)CC(=O)O)c(OCCOc4cc(OC)ccc4N(C)CC(=O)O)cc3[N+](=O)[O-])ccc1C=2c1ccc(OC)cc1C.O=C=O. The van der Waals surface area contributed by atoms with Crippen LogP contribution in [-0.4, -0.2) is 98.4 Å². The lowest BCUT2D eigenvalue weighted by molar-refractivity contribution is -0.385. The largest absolute Gasteiger partial charge is 0.497 e. The number of hydrogen-bond donors (Lipinski definition) is 3. The molecule has 65 heavy (non-hydrogen) atoms. The number of nitrogens with zero attached hydrogens (tertiary/aromatic N) is 3. The summed E-state index contributed by atoms with van der Waals surface area (Å²) in [5, 5.41) is 42.9. The second-order valence-electron chi connectivity index (χ2n) is 14.1. The summed E-state index contributed by atoms with van der Waals surface area (Å²) >= 11 is 0. The highest BCUT2D eigenvalue weighted by atomic mass is 16.6. The van der Waals surface area contributed by atoms with Crippen LogP contribution in [0.25, 0.3) is 12.2 Å². The van der Waals surface area contributed by atoms with Gasteiger partial charge in [-0.2, -0.15) is 9.59 Å². The van der Waals surface area contributed by atoms with Gasteiger partial charge in [-0.1, -0.05) is 24.8 Å². The van der Waals surface area contributed by atoms with Crippen LogP contribution in [0, 0.1) is 17.0 Å². The van der Waals surface area contributed by atoms with E-state index < -0.39 is 48.2 Å². The number of nitro benzene ring substituents is 1. The normalized spacial score (nSPS) is 10.9. The van der Waals surface area contributed by atoms with Gasteiger partial charge in [0.05, 0.1) is 42.1 Å². The second-order valence-corrected chi connectivity index (χ2v) is 14.1. The zero-order valence-electron chi connectivity index (χ0n) is 35.5. The molecular formula is C46H43N3O16. The van der Waals surface area contributed by atoms with Crippen molar-refractivity contribution in [1.82, 2.24) is 0 Å². The van der Waals surface area contributed by atoms with Gasteiger partial charge in [0, 0.05) is 35.5 Å². The van der Waals surface area contributed by atoms with Gasteiger partial charge in [0.25, 0.3) is 5.69 Å². The summed E-state index contributed by atoms with van der Waals surface area (Å²) in [4.78, 5) is 65.8. The molecule has 0 aromatic heterocycles. The number of carbonyl (C=O) groups is 3. The van der Waals surface area contributed by atoms with Crippen molar-refractivity contribution < 1.29 is 72.6 Å². The molecule has 0 saturated carbocycles. The molecule has 0 radical (unpaired) electrons. The third-order valence-corrected chi connectivity index (χ3v) is 9.75. The number of carboxylic acid groups (broad SMARTS) is 3. The van der Waals surface area contributed by atoms with Gasteiger partial charge in [0.2, 0.25) is 0 Å². The van der Waals surface area contributed by atoms with Crippen LogP contribution in [0.2, 0.25) is 0 Å². The Labute approximate surface area is 370 Å². The lowest BCUT2D eigenvalue weighted by Gasteiger charge is -2.25.